The van der Waals surface area contributed by atoms with Gasteiger partial charge in [0, 0.05) is 32.3 Å². The number of aromatic nitrogens is 2. The zero-order chi connectivity index (χ0) is 21.1. The molecule has 1 aromatic carbocycles. The maximum absolute atomic E-state index is 12.7. The van der Waals surface area contributed by atoms with Crippen molar-refractivity contribution >= 4 is 28.9 Å². The van der Waals surface area contributed by atoms with Crippen LogP contribution in [0.1, 0.15) is 34.6 Å². The van der Waals surface area contributed by atoms with E-state index in [1.165, 1.54) is 12.1 Å². The Bertz CT molecular complexity index is 962. The number of carbonyl (C=O) groups is 2. The van der Waals surface area contributed by atoms with Gasteiger partial charge in [-0.15, -0.1) is 0 Å². The fraction of sp³-hybridized carbons (Fsp3) is 0.421. The predicted octanol–water partition coefficient (Wildman–Crippen LogP) is 1.91. The summed E-state index contributed by atoms with van der Waals surface area (Å²) in [6.45, 7) is 4.94. The number of non-ortho nitro benzene ring substituents is 1. The molecule has 0 radical (unpaired) electrons. The van der Waals surface area contributed by atoms with E-state index in [2.05, 4.69) is 15.7 Å². The highest BCUT2D eigenvalue weighted by molar-refractivity contribution is 6.03. The smallest absolute Gasteiger partial charge is 0.270 e. The van der Waals surface area contributed by atoms with Crippen molar-refractivity contribution in [3.63, 3.8) is 0 Å². The maximum atomic E-state index is 12.7. The first-order chi connectivity index (χ1) is 13.8. The molecule has 1 saturated heterocycles. The van der Waals surface area contributed by atoms with E-state index in [0.29, 0.717) is 17.1 Å². The van der Waals surface area contributed by atoms with Crippen molar-refractivity contribution in [2.45, 2.75) is 26.7 Å². The van der Waals surface area contributed by atoms with E-state index in [0.717, 1.165) is 31.6 Å². The number of anilines is 2. The Morgan fingerprint density at radius 3 is 2.52 bits per heavy atom. The highest BCUT2D eigenvalue weighted by Crippen LogP contribution is 2.28. The maximum Gasteiger partial charge on any atom is 0.270 e. The standard InChI is InChI=1S/C19H24N6O4/c1-12-18(13(2)23(3)22-12)21-17(26)11-20-19(27)15-10-14(25(28)29)6-7-16(15)24-8-4-5-9-24/h6-7,10H,4-5,8-9,11H2,1-3H3,(H,20,27)(H,21,26). The number of amides is 2. The Hall–Kier alpha value is -3.43. The van der Waals surface area contributed by atoms with Crippen LogP contribution in [0.3, 0.4) is 0 Å². The molecule has 0 spiro atoms. The summed E-state index contributed by atoms with van der Waals surface area (Å²) in [7, 11) is 1.78. The molecule has 1 aliphatic rings. The van der Waals surface area contributed by atoms with Crippen molar-refractivity contribution in [1.29, 1.82) is 0 Å². The number of hydrogen-bond donors (Lipinski definition) is 2. The van der Waals surface area contributed by atoms with Crippen LogP contribution in [-0.2, 0) is 11.8 Å². The Labute approximate surface area is 168 Å². The van der Waals surface area contributed by atoms with Gasteiger partial charge in [-0.05, 0) is 32.8 Å². The largest absolute Gasteiger partial charge is 0.371 e. The van der Waals surface area contributed by atoms with Gasteiger partial charge in [-0.3, -0.25) is 24.4 Å². The Morgan fingerprint density at radius 2 is 1.93 bits per heavy atom. The van der Waals surface area contributed by atoms with Crippen LogP contribution in [0.4, 0.5) is 17.1 Å². The molecule has 3 rings (SSSR count). The molecule has 2 amide bonds. The summed E-state index contributed by atoms with van der Waals surface area (Å²) in [6, 6.07) is 4.25. The molecule has 1 aromatic heterocycles. The lowest BCUT2D eigenvalue weighted by Gasteiger charge is -2.20. The second-order valence-corrected chi connectivity index (χ2v) is 7.05. The summed E-state index contributed by atoms with van der Waals surface area (Å²) in [6.07, 6.45) is 2.01. The first-order valence-corrected chi connectivity index (χ1v) is 9.39. The van der Waals surface area contributed by atoms with Crippen molar-refractivity contribution < 1.29 is 14.5 Å². The Morgan fingerprint density at radius 1 is 1.24 bits per heavy atom. The molecule has 0 aliphatic carbocycles. The number of nitrogens with one attached hydrogen (secondary N) is 2. The molecule has 10 nitrogen and oxygen atoms in total. The topological polar surface area (TPSA) is 122 Å². The number of carbonyl (C=O) groups excluding carboxylic acids is 2. The summed E-state index contributed by atoms with van der Waals surface area (Å²) in [4.78, 5) is 37.7. The van der Waals surface area contributed by atoms with Crippen LogP contribution in [-0.4, -0.2) is 46.2 Å². The van der Waals surface area contributed by atoms with Crippen LogP contribution in [0.25, 0.3) is 0 Å². The molecular weight excluding hydrogens is 376 g/mol. The van der Waals surface area contributed by atoms with Crippen molar-refractivity contribution in [2.24, 2.45) is 7.05 Å². The van der Waals surface area contributed by atoms with Crippen molar-refractivity contribution in [3.05, 3.63) is 45.3 Å². The lowest BCUT2D eigenvalue weighted by Crippen LogP contribution is -2.34. The van der Waals surface area contributed by atoms with Crippen molar-refractivity contribution in [1.82, 2.24) is 15.1 Å². The van der Waals surface area contributed by atoms with E-state index >= 15 is 0 Å². The highest BCUT2D eigenvalue weighted by Gasteiger charge is 2.23. The van der Waals surface area contributed by atoms with E-state index in [9.17, 15) is 19.7 Å². The second-order valence-electron chi connectivity index (χ2n) is 7.05. The Kier molecular flexibility index (Phi) is 5.81. The summed E-state index contributed by atoms with van der Waals surface area (Å²) in [5.74, 6) is -0.920. The van der Waals surface area contributed by atoms with Crippen LogP contribution < -0.4 is 15.5 Å². The van der Waals surface area contributed by atoms with E-state index in [1.807, 2.05) is 11.8 Å². The number of nitro benzene ring substituents is 1. The molecule has 2 N–H and O–H groups in total. The van der Waals surface area contributed by atoms with Crippen LogP contribution in [0.5, 0.6) is 0 Å². The number of hydrogen-bond acceptors (Lipinski definition) is 6. The van der Waals surface area contributed by atoms with Gasteiger partial charge in [0.25, 0.3) is 11.6 Å². The quantitative estimate of drug-likeness (QED) is 0.564. The van der Waals surface area contributed by atoms with Crippen molar-refractivity contribution in [2.75, 3.05) is 29.9 Å². The zero-order valence-corrected chi connectivity index (χ0v) is 16.7. The first kappa shape index (κ1) is 20.3. The molecule has 29 heavy (non-hydrogen) atoms. The molecule has 0 bridgehead atoms. The molecule has 2 aromatic rings. The molecule has 154 valence electrons. The predicted molar refractivity (Wildman–Crippen MR) is 108 cm³/mol. The minimum Gasteiger partial charge on any atom is -0.371 e. The van der Waals surface area contributed by atoms with Gasteiger partial charge < -0.3 is 15.5 Å². The van der Waals surface area contributed by atoms with Crippen molar-refractivity contribution in [3.8, 4) is 0 Å². The molecular formula is C19H24N6O4. The van der Waals surface area contributed by atoms with Crippen LogP contribution in [0.15, 0.2) is 18.2 Å². The minimum absolute atomic E-state index is 0.163. The van der Waals surface area contributed by atoms with Crippen LogP contribution >= 0.6 is 0 Å². The molecule has 2 heterocycles. The molecule has 0 saturated carbocycles. The third-order valence-corrected chi connectivity index (χ3v) is 5.07. The lowest BCUT2D eigenvalue weighted by molar-refractivity contribution is -0.384. The lowest BCUT2D eigenvalue weighted by atomic mass is 10.1. The average molecular weight is 400 g/mol. The van der Waals surface area contributed by atoms with Crippen LogP contribution in [0, 0.1) is 24.0 Å². The number of aryl methyl sites for hydroxylation is 2. The zero-order valence-electron chi connectivity index (χ0n) is 16.7. The summed E-state index contributed by atoms with van der Waals surface area (Å²) < 4.78 is 1.66. The fourth-order valence-electron chi connectivity index (χ4n) is 3.45. The number of benzene rings is 1. The van der Waals surface area contributed by atoms with Gasteiger partial charge in [0.05, 0.1) is 39.8 Å². The normalized spacial score (nSPS) is 13.4. The SMILES string of the molecule is Cc1nn(C)c(C)c1NC(=O)CNC(=O)c1cc([N+](=O)[O-])ccc1N1CCCC1. The monoisotopic (exact) mass is 400 g/mol. The van der Waals surface area contributed by atoms with Crippen LogP contribution in [0.2, 0.25) is 0 Å². The third kappa shape index (κ3) is 4.36. The number of nitrogens with zero attached hydrogens (tertiary/aromatic N) is 4. The first-order valence-electron chi connectivity index (χ1n) is 9.39. The third-order valence-electron chi connectivity index (χ3n) is 5.07. The second kappa shape index (κ2) is 8.29. The van der Waals surface area contributed by atoms with Gasteiger partial charge in [-0.1, -0.05) is 0 Å². The van der Waals surface area contributed by atoms with Gasteiger partial charge in [0.2, 0.25) is 5.91 Å². The summed E-state index contributed by atoms with van der Waals surface area (Å²) in [5, 5.41) is 20.7. The molecule has 1 fully saturated rings. The highest BCUT2D eigenvalue weighted by atomic mass is 16.6. The molecule has 0 unspecified atom stereocenters. The molecule has 1 aliphatic heterocycles. The fourth-order valence-corrected chi connectivity index (χ4v) is 3.45. The minimum atomic E-state index is -0.537. The van der Waals surface area contributed by atoms with Gasteiger partial charge in [-0.2, -0.15) is 5.10 Å². The van der Waals surface area contributed by atoms with E-state index < -0.39 is 16.7 Å². The van der Waals surface area contributed by atoms with E-state index in [1.54, 1.807) is 24.7 Å². The molecule has 0 atom stereocenters. The van der Waals surface area contributed by atoms with Gasteiger partial charge in [0.1, 0.15) is 0 Å². The summed E-state index contributed by atoms with van der Waals surface area (Å²) >= 11 is 0. The average Bonchev–Trinajstić information content (AvgIpc) is 3.30. The van der Waals surface area contributed by atoms with E-state index in [4.69, 9.17) is 0 Å². The van der Waals surface area contributed by atoms with Gasteiger partial charge in [0.15, 0.2) is 0 Å². The summed E-state index contributed by atoms with van der Waals surface area (Å²) in [5.41, 5.74) is 2.77. The molecule has 10 heteroatoms. The van der Waals surface area contributed by atoms with E-state index in [-0.39, 0.29) is 17.8 Å². The Balaban J connectivity index is 1.73. The van der Waals surface area contributed by atoms with Gasteiger partial charge in [-0.25, -0.2) is 0 Å². The van der Waals surface area contributed by atoms with Gasteiger partial charge >= 0.3 is 0 Å². The number of nitro groups is 1. The number of rotatable bonds is 6.